The lowest BCUT2D eigenvalue weighted by Gasteiger charge is -2.04. The number of methoxy groups -OCH3 is 1. The SMILES string of the molecule is COc1cc(Cl)ccc1-c1noc(CCNC2CC2)n1. The van der Waals surface area contributed by atoms with Crippen LogP contribution in [0.15, 0.2) is 22.7 Å². The van der Waals surface area contributed by atoms with Crippen molar-refractivity contribution < 1.29 is 9.26 Å². The van der Waals surface area contributed by atoms with Crippen molar-refractivity contribution in [1.82, 2.24) is 15.5 Å². The minimum absolute atomic E-state index is 0.528. The van der Waals surface area contributed by atoms with Crippen LogP contribution in [0.25, 0.3) is 11.4 Å². The number of halogens is 1. The van der Waals surface area contributed by atoms with E-state index in [0.29, 0.717) is 28.5 Å². The summed E-state index contributed by atoms with van der Waals surface area (Å²) in [6, 6.07) is 6.04. The molecule has 106 valence electrons. The van der Waals surface area contributed by atoms with E-state index in [1.54, 1.807) is 19.2 Å². The van der Waals surface area contributed by atoms with Crippen LogP contribution in [0.1, 0.15) is 18.7 Å². The van der Waals surface area contributed by atoms with E-state index in [1.165, 1.54) is 12.8 Å². The van der Waals surface area contributed by atoms with E-state index in [2.05, 4.69) is 15.5 Å². The van der Waals surface area contributed by atoms with Gasteiger partial charge in [0, 0.05) is 24.0 Å². The van der Waals surface area contributed by atoms with Gasteiger partial charge in [0.1, 0.15) is 5.75 Å². The van der Waals surface area contributed by atoms with Gasteiger partial charge < -0.3 is 14.6 Å². The predicted octanol–water partition coefficient (Wildman–Crippen LogP) is 2.69. The Labute approximate surface area is 122 Å². The van der Waals surface area contributed by atoms with Crippen molar-refractivity contribution in [1.29, 1.82) is 0 Å². The fourth-order valence-electron chi connectivity index (χ4n) is 1.99. The van der Waals surface area contributed by atoms with Crippen molar-refractivity contribution in [3.63, 3.8) is 0 Å². The van der Waals surface area contributed by atoms with Gasteiger partial charge in [-0.1, -0.05) is 16.8 Å². The molecule has 0 spiro atoms. The van der Waals surface area contributed by atoms with E-state index < -0.39 is 0 Å². The molecule has 1 aromatic heterocycles. The molecule has 0 amide bonds. The minimum atomic E-state index is 0.528. The number of hydrogen-bond acceptors (Lipinski definition) is 5. The molecule has 0 unspecified atom stereocenters. The van der Waals surface area contributed by atoms with Crippen molar-refractivity contribution in [2.75, 3.05) is 13.7 Å². The highest BCUT2D eigenvalue weighted by Gasteiger charge is 2.20. The van der Waals surface area contributed by atoms with Gasteiger partial charge >= 0.3 is 0 Å². The zero-order valence-corrected chi connectivity index (χ0v) is 12.0. The molecule has 3 rings (SSSR count). The summed E-state index contributed by atoms with van der Waals surface area (Å²) in [4.78, 5) is 4.40. The van der Waals surface area contributed by atoms with Crippen LogP contribution in [0.2, 0.25) is 5.02 Å². The molecule has 1 aliphatic carbocycles. The van der Waals surface area contributed by atoms with Gasteiger partial charge in [0.05, 0.1) is 12.7 Å². The summed E-state index contributed by atoms with van der Waals surface area (Å²) in [6.45, 7) is 0.865. The Hall–Kier alpha value is -1.59. The standard InChI is InChI=1S/C14H16ClN3O2/c1-19-12-8-9(15)2-5-11(12)14-17-13(20-18-14)6-7-16-10-3-4-10/h2,5,8,10,16H,3-4,6-7H2,1H3. The second kappa shape index (κ2) is 5.81. The molecule has 1 heterocycles. The average Bonchev–Trinajstić information content (AvgIpc) is 3.16. The molecule has 2 aromatic rings. The number of nitrogens with one attached hydrogen (secondary N) is 1. The molecule has 0 saturated heterocycles. The van der Waals surface area contributed by atoms with Gasteiger partial charge in [0.25, 0.3) is 0 Å². The van der Waals surface area contributed by atoms with Gasteiger partial charge in [-0.2, -0.15) is 4.98 Å². The first-order chi connectivity index (χ1) is 9.76. The third-order valence-corrected chi connectivity index (χ3v) is 3.46. The fraction of sp³-hybridized carbons (Fsp3) is 0.429. The molecule has 1 saturated carbocycles. The van der Waals surface area contributed by atoms with E-state index in [0.717, 1.165) is 18.5 Å². The molecular weight excluding hydrogens is 278 g/mol. The summed E-state index contributed by atoms with van der Waals surface area (Å²) in [6.07, 6.45) is 3.29. The Kier molecular flexibility index (Phi) is 3.89. The minimum Gasteiger partial charge on any atom is -0.496 e. The Morgan fingerprint density at radius 3 is 3.05 bits per heavy atom. The number of rotatable bonds is 6. The lowest BCUT2D eigenvalue weighted by molar-refractivity contribution is 0.375. The average molecular weight is 294 g/mol. The largest absolute Gasteiger partial charge is 0.496 e. The molecule has 1 aromatic carbocycles. The van der Waals surface area contributed by atoms with Crippen LogP contribution >= 0.6 is 11.6 Å². The van der Waals surface area contributed by atoms with Crippen LogP contribution in [0.5, 0.6) is 5.75 Å². The van der Waals surface area contributed by atoms with Gasteiger partial charge in [-0.3, -0.25) is 0 Å². The number of nitrogens with zero attached hydrogens (tertiary/aromatic N) is 2. The molecular formula is C14H16ClN3O2. The Morgan fingerprint density at radius 1 is 1.45 bits per heavy atom. The Morgan fingerprint density at radius 2 is 2.30 bits per heavy atom. The number of hydrogen-bond donors (Lipinski definition) is 1. The maximum absolute atomic E-state index is 5.94. The molecule has 1 aliphatic rings. The molecule has 6 heteroatoms. The van der Waals surface area contributed by atoms with Crippen molar-refractivity contribution in [2.45, 2.75) is 25.3 Å². The number of aromatic nitrogens is 2. The first-order valence-electron chi connectivity index (χ1n) is 6.66. The molecule has 5 nitrogen and oxygen atoms in total. The van der Waals surface area contributed by atoms with Crippen LogP contribution in [0, 0.1) is 0 Å². The van der Waals surface area contributed by atoms with Crippen LogP contribution in [-0.2, 0) is 6.42 Å². The molecule has 0 bridgehead atoms. The van der Waals surface area contributed by atoms with E-state index >= 15 is 0 Å². The molecule has 0 radical (unpaired) electrons. The lowest BCUT2D eigenvalue weighted by atomic mass is 10.2. The first kappa shape index (κ1) is 13.4. The smallest absolute Gasteiger partial charge is 0.228 e. The topological polar surface area (TPSA) is 60.2 Å². The Bertz CT molecular complexity index is 596. The van der Waals surface area contributed by atoms with Gasteiger partial charge in [-0.15, -0.1) is 0 Å². The van der Waals surface area contributed by atoms with E-state index in [9.17, 15) is 0 Å². The quantitative estimate of drug-likeness (QED) is 0.887. The highest BCUT2D eigenvalue weighted by Crippen LogP contribution is 2.30. The van der Waals surface area contributed by atoms with E-state index in [1.807, 2.05) is 6.07 Å². The number of benzene rings is 1. The first-order valence-corrected chi connectivity index (χ1v) is 7.04. The highest BCUT2D eigenvalue weighted by atomic mass is 35.5. The zero-order chi connectivity index (χ0) is 13.9. The van der Waals surface area contributed by atoms with Crippen LogP contribution < -0.4 is 10.1 Å². The van der Waals surface area contributed by atoms with Crippen LogP contribution in [0.4, 0.5) is 0 Å². The maximum atomic E-state index is 5.94. The molecule has 20 heavy (non-hydrogen) atoms. The van der Waals surface area contributed by atoms with Gasteiger partial charge in [-0.25, -0.2) is 0 Å². The summed E-state index contributed by atoms with van der Waals surface area (Å²) in [5.41, 5.74) is 0.780. The van der Waals surface area contributed by atoms with Crippen molar-refractivity contribution >= 4 is 11.6 Å². The zero-order valence-electron chi connectivity index (χ0n) is 11.2. The van der Waals surface area contributed by atoms with E-state index in [4.69, 9.17) is 20.9 Å². The summed E-state index contributed by atoms with van der Waals surface area (Å²) in [5.74, 6) is 1.80. The summed E-state index contributed by atoms with van der Waals surface area (Å²) in [7, 11) is 1.59. The Balaban J connectivity index is 1.71. The molecule has 0 aliphatic heterocycles. The van der Waals surface area contributed by atoms with Crippen molar-refractivity contribution in [3.8, 4) is 17.1 Å². The third-order valence-electron chi connectivity index (χ3n) is 3.22. The fourth-order valence-corrected chi connectivity index (χ4v) is 2.15. The molecule has 1 fully saturated rings. The normalized spacial score (nSPS) is 14.5. The van der Waals surface area contributed by atoms with Gasteiger partial charge in [0.15, 0.2) is 0 Å². The molecule has 1 N–H and O–H groups in total. The van der Waals surface area contributed by atoms with Crippen molar-refractivity contribution in [3.05, 3.63) is 29.1 Å². The lowest BCUT2D eigenvalue weighted by Crippen LogP contribution is -2.19. The number of ether oxygens (including phenoxy) is 1. The van der Waals surface area contributed by atoms with Crippen LogP contribution in [-0.4, -0.2) is 29.8 Å². The maximum Gasteiger partial charge on any atom is 0.228 e. The van der Waals surface area contributed by atoms with Crippen LogP contribution in [0.3, 0.4) is 0 Å². The van der Waals surface area contributed by atoms with Gasteiger partial charge in [0.2, 0.25) is 11.7 Å². The monoisotopic (exact) mass is 293 g/mol. The second-order valence-electron chi connectivity index (χ2n) is 4.83. The summed E-state index contributed by atoms with van der Waals surface area (Å²) < 4.78 is 10.6. The summed E-state index contributed by atoms with van der Waals surface area (Å²) in [5, 5.41) is 8.03. The van der Waals surface area contributed by atoms with Crippen molar-refractivity contribution in [2.24, 2.45) is 0 Å². The highest BCUT2D eigenvalue weighted by molar-refractivity contribution is 6.30. The predicted molar refractivity (Wildman–Crippen MR) is 76.0 cm³/mol. The summed E-state index contributed by atoms with van der Waals surface area (Å²) >= 11 is 5.94. The van der Waals surface area contributed by atoms with E-state index in [-0.39, 0.29) is 0 Å². The molecule has 0 atom stereocenters. The second-order valence-corrected chi connectivity index (χ2v) is 5.27. The van der Waals surface area contributed by atoms with Gasteiger partial charge in [-0.05, 0) is 31.0 Å². The third kappa shape index (κ3) is 3.11.